The summed E-state index contributed by atoms with van der Waals surface area (Å²) in [6.07, 6.45) is 3.81. The minimum atomic E-state index is -0.0268. The first-order valence-corrected chi connectivity index (χ1v) is 7.40. The van der Waals surface area contributed by atoms with Gasteiger partial charge in [0, 0.05) is 24.3 Å². The fourth-order valence-corrected chi connectivity index (χ4v) is 2.65. The Morgan fingerprint density at radius 2 is 2.20 bits per heavy atom. The van der Waals surface area contributed by atoms with Gasteiger partial charge >= 0.3 is 0 Å². The Labute approximate surface area is 119 Å². The Morgan fingerprint density at radius 1 is 1.40 bits per heavy atom. The van der Waals surface area contributed by atoms with Crippen molar-refractivity contribution >= 4 is 17.5 Å². The standard InChI is InChI=1S/C16H20N2O2/c1-2-7-18-14-6-5-12(8-13(14)9-15(18)19)16(20)17-10-11-3-4-11/h5-6,8,11H,2-4,7,9-10H2,1H3,(H,17,20). The van der Waals surface area contributed by atoms with Crippen molar-refractivity contribution in [3.63, 3.8) is 0 Å². The van der Waals surface area contributed by atoms with Crippen molar-refractivity contribution in [1.82, 2.24) is 5.32 Å². The van der Waals surface area contributed by atoms with Crippen LogP contribution in [0.2, 0.25) is 0 Å². The molecule has 20 heavy (non-hydrogen) atoms. The molecule has 1 fully saturated rings. The SMILES string of the molecule is CCCN1C(=O)Cc2cc(C(=O)NCC3CC3)ccc21. The number of hydrogen-bond donors (Lipinski definition) is 1. The van der Waals surface area contributed by atoms with Gasteiger partial charge in [-0.25, -0.2) is 0 Å². The number of nitrogens with one attached hydrogen (secondary N) is 1. The van der Waals surface area contributed by atoms with Crippen LogP contribution in [-0.4, -0.2) is 24.9 Å². The van der Waals surface area contributed by atoms with Crippen LogP contribution in [0.25, 0.3) is 0 Å². The smallest absolute Gasteiger partial charge is 0.251 e. The highest BCUT2D eigenvalue weighted by atomic mass is 16.2. The molecule has 1 heterocycles. The number of nitrogens with zero attached hydrogens (tertiary/aromatic N) is 1. The third-order valence-corrected chi connectivity index (χ3v) is 3.97. The van der Waals surface area contributed by atoms with Crippen molar-refractivity contribution in [2.45, 2.75) is 32.6 Å². The topological polar surface area (TPSA) is 49.4 Å². The van der Waals surface area contributed by atoms with Gasteiger partial charge in [0.25, 0.3) is 5.91 Å². The molecule has 0 radical (unpaired) electrons. The van der Waals surface area contributed by atoms with Crippen LogP contribution >= 0.6 is 0 Å². The Morgan fingerprint density at radius 3 is 2.90 bits per heavy atom. The second-order valence-corrected chi connectivity index (χ2v) is 5.72. The van der Waals surface area contributed by atoms with Gasteiger partial charge in [-0.1, -0.05) is 6.92 Å². The second-order valence-electron chi connectivity index (χ2n) is 5.72. The van der Waals surface area contributed by atoms with E-state index in [4.69, 9.17) is 0 Å². The van der Waals surface area contributed by atoms with Crippen molar-refractivity contribution in [3.05, 3.63) is 29.3 Å². The third kappa shape index (κ3) is 2.55. The summed E-state index contributed by atoms with van der Waals surface area (Å²) in [5.74, 6) is 0.786. The van der Waals surface area contributed by atoms with Crippen LogP contribution in [0.5, 0.6) is 0 Å². The molecule has 0 atom stereocenters. The number of carbonyl (C=O) groups is 2. The Balaban J connectivity index is 1.74. The first-order chi connectivity index (χ1) is 9.69. The molecule has 1 aliphatic heterocycles. The maximum Gasteiger partial charge on any atom is 0.251 e. The normalized spacial score (nSPS) is 17.2. The van der Waals surface area contributed by atoms with E-state index in [9.17, 15) is 9.59 Å². The van der Waals surface area contributed by atoms with Gasteiger partial charge in [0.05, 0.1) is 6.42 Å². The van der Waals surface area contributed by atoms with E-state index in [1.165, 1.54) is 12.8 Å². The summed E-state index contributed by atoms with van der Waals surface area (Å²) >= 11 is 0. The third-order valence-electron chi connectivity index (χ3n) is 3.97. The number of carbonyl (C=O) groups excluding carboxylic acids is 2. The van der Waals surface area contributed by atoms with E-state index in [1.54, 1.807) is 0 Å². The van der Waals surface area contributed by atoms with E-state index >= 15 is 0 Å². The second kappa shape index (κ2) is 5.27. The van der Waals surface area contributed by atoms with E-state index in [0.717, 1.165) is 30.8 Å². The van der Waals surface area contributed by atoms with Gasteiger partial charge in [-0.15, -0.1) is 0 Å². The zero-order chi connectivity index (χ0) is 14.1. The molecular formula is C16H20N2O2. The number of anilines is 1. The molecular weight excluding hydrogens is 252 g/mol. The van der Waals surface area contributed by atoms with E-state index in [-0.39, 0.29) is 11.8 Å². The number of fused-ring (bicyclic) bond motifs is 1. The van der Waals surface area contributed by atoms with Crippen LogP contribution in [0.1, 0.15) is 42.1 Å². The lowest BCUT2D eigenvalue weighted by Gasteiger charge is -2.16. The molecule has 4 heteroatoms. The molecule has 2 aliphatic rings. The molecule has 3 rings (SSSR count). The van der Waals surface area contributed by atoms with E-state index in [1.807, 2.05) is 23.1 Å². The summed E-state index contributed by atoms with van der Waals surface area (Å²) < 4.78 is 0. The molecule has 1 N–H and O–H groups in total. The summed E-state index contributed by atoms with van der Waals surface area (Å²) in [6.45, 7) is 3.58. The van der Waals surface area contributed by atoms with Gasteiger partial charge in [0.15, 0.2) is 0 Å². The van der Waals surface area contributed by atoms with Gasteiger partial charge in [-0.3, -0.25) is 9.59 Å². The molecule has 2 amide bonds. The van der Waals surface area contributed by atoms with Crippen molar-refractivity contribution < 1.29 is 9.59 Å². The Hall–Kier alpha value is -1.84. The monoisotopic (exact) mass is 272 g/mol. The quantitative estimate of drug-likeness (QED) is 0.892. The van der Waals surface area contributed by atoms with E-state index in [0.29, 0.717) is 17.9 Å². The highest BCUT2D eigenvalue weighted by Crippen LogP contribution is 2.30. The van der Waals surface area contributed by atoms with Gasteiger partial charge in [-0.2, -0.15) is 0 Å². The summed E-state index contributed by atoms with van der Waals surface area (Å²) in [5.41, 5.74) is 2.61. The largest absolute Gasteiger partial charge is 0.352 e. The fraction of sp³-hybridized carbons (Fsp3) is 0.500. The van der Waals surface area contributed by atoms with Crippen molar-refractivity contribution in [1.29, 1.82) is 0 Å². The first kappa shape index (κ1) is 13.2. The zero-order valence-corrected chi connectivity index (χ0v) is 11.8. The van der Waals surface area contributed by atoms with Gasteiger partial charge in [0.2, 0.25) is 5.91 Å². The van der Waals surface area contributed by atoms with Gasteiger partial charge in [0.1, 0.15) is 0 Å². The molecule has 0 aromatic heterocycles. The lowest BCUT2D eigenvalue weighted by Crippen LogP contribution is -2.27. The first-order valence-electron chi connectivity index (χ1n) is 7.40. The number of benzene rings is 1. The summed E-state index contributed by atoms with van der Waals surface area (Å²) in [4.78, 5) is 25.8. The molecule has 0 bridgehead atoms. The molecule has 106 valence electrons. The predicted molar refractivity (Wildman–Crippen MR) is 77.8 cm³/mol. The number of rotatable bonds is 5. The Bertz CT molecular complexity index is 549. The maximum absolute atomic E-state index is 12.1. The highest BCUT2D eigenvalue weighted by molar-refractivity contribution is 6.03. The van der Waals surface area contributed by atoms with Gasteiger partial charge in [-0.05, 0) is 48.9 Å². The number of amides is 2. The average molecular weight is 272 g/mol. The van der Waals surface area contributed by atoms with Crippen LogP contribution in [0.3, 0.4) is 0 Å². The van der Waals surface area contributed by atoms with Crippen molar-refractivity contribution in [3.8, 4) is 0 Å². The maximum atomic E-state index is 12.1. The molecule has 0 unspecified atom stereocenters. The minimum Gasteiger partial charge on any atom is -0.352 e. The van der Waals surface area contributed by atoms with Crippen LogP contribution in [-0.2, 0) is 11.2 Å². The van der Waals surface area contributed by atoms with Crippen LogP contribution in [0, 0.1) is 5.92 Å². The molecule has 1 aromatic carbocycles. The molecule has 0 spiro atoms. The summed E-state index contributed by atoms with van der Waals surface area (Å²) in [7, 11) is 0. The number of hydrogen-bond acceptors (Lipinski definition) is 2. The zero-order valence-electron chi connectivity index (χ0n) is 11.8. The summed E-state index contributed by atoms with van der Waals surface area (Å²) in [6, 6.07) is 5.59. The van der Waals surface area contributed by atoms with E-state index < -0.39 is 0 Å². The molecule has 0 saturated heterocycles. The van der Waals surface area contributed by atoms with Crippen LogP contribution < -0.4 is 10.2 Å². The molecule has 1 aromatic rings. The fourth-order valence-electron chi connectivity index (χ4n) is 2.65. The molecule has 4 nitrogen and oxygen atoms in total. The lowest BCUT2D eigenvalue weighted by atomic mass is 10.1. The average Bonchev–Trinajstić information content (AvgIpc) is 3.21. The van der Waals surface area contributed by atoms with Crippen molar-refractivity contribution in [2.24, 2.45) is 5.92 Å². The van der Waals surface area contributed by atoms with Crippen LogP contribution in [0.4, 0.5) is 5.69 Å². The molecule has 1 saturated carbocycles. The molecule has 1 aliphatic carbocycles. The highest BCUT2D eigenvalue weighted by Gasteiger charge is 2.27. The van der Waals surface area contributed by atoms with Crippen molar-refractivity contribution in [2.75, 3.05) is 18.0 Å². The van der Waals surface area contributed by atoms with E-state index in [2.05, 4.69) is 12.2 Å². The Kier molecular flexibility index (Phi) is 3.47. The van der Waals surface area contributed by atoms with Gasteiger partial charge < -0.3 is 10.2 Å². The summed E-state index contributed by atoms with van der Waals surface area (Å²) in [5, 5.41) is 2.96. The lowest BCUT2D eigenvalue weighted by molar-refractivity contribution is -0.117. The predicted octanol–water partition coefficient (Wildman–Crippen LogP) is 2.13. The minimum absolute atomic E-state index is 0.0268. The van der Waals surface area contributed by atoms with Crippen LogP contribution in [0.15, 0.2) is 18.2 Å².